The highest BCUT2D eigenvalue weighted by molar-refractivity contribution is 9.10. The van der Waals surface area contributed by atoms with Crippen molar-refractivity contribution in [1.82, 2.24) is 4.90 Å². The van der Waals surface area contributed by atoms with Gasteiger partial charge in [-0.2, -0.15) is 0 Å². The molecule has 86 valence electrons. The Morgan fingerprint density at radius 3 is 2.94 bits per heavy atom. The Labute approximate surface area is 107 Å². The first kappa shape index (κ1) is 11.8. The topological polar surface area (TPSA) is 37.4 Å². The maximum absolute atomic E-state index is 11.9. The number of ketones is 1. The number of thiophene rings is 1. The van der Waals surface area contributed by atoms with Gasteiger partial charge in [-0.25, -0.2) is 0 Å². The molecule has 1 atom stereocenters. The van der Waals surface area contributed by atoms with E-state index in [1.54, 1.807) is 4.90 Å². The van der Waals surface area contributed by atoms with E-state index in [9.17, 15) is 9.59 Å². The Kier molecular flexibility index (Phi) is 3.44. The Bertz CT molecular complexity index is 429. The molecule has 1 aromatic rings. The Morgan fingerprint density at radius 2 is 2.44 bits per heavy atom. The molecule has 1 aliphatic heterocycles. The lowest BCUT2D eigenvalue weighted by molar-refractivity contribution is -0.127. The summed E-state index contributed by atoms with van der Waals surface area (Å²) >= 11 is 4.74. The van der Waals surface area contributed by atoms with Crippen molar-refractivity contribution in [2.45, 2.75) is 13.3 Å². The van der Waals surface area contributed by atoms with Crippen LogP contribution in [0.25, 0.3) is 0 Å². The number of hydrogen-bond donors (Lipinski definition) is 0. The van der Waals surface area contributed by atoms with E-state index in [-0.39, 0.29) is 18.2 Å². The van der Waals surface area contributed by atoms with Crippen LogP contribution in [0.4, 0.5) is 0 Å². The van der Waals surface area contributed by atoms with Crippen LogP contribution < -0.4 is 0 Å². The van der Waals surface area contributed by atoms with Gasteiger partial charge in [0.2, 0.25) is 5.91 Å². The van der Waals surface area contributed by atoms with E-state index in [2.05, 4.69) is 15.9 Å². The Morgan fingerprint density at radius 1 is 1.69 bits per heavy atom. The molecule has 0 aromatic carbocycles. The van der Waals surface area contributed by atoms with Crippen LogP contribution in [-0.2, 0) is 4.79 Å². The third-order valence-electron chi connectivity index (χ3n) is 2.61. The number of Topliss-reactive ketones (excluding diaryl/α,β-unsaturated/α-hetero) is 1. The van der Waals surface area contributed by atoms with Crippen LogP contribution in [0.15, 0.2) is 15.9 Å². The first-order chi connectivity index (χ1) is 7.58. The van der Waals surface area contributed by atoms with Crippen molar-refractivity contribution in [3.63, 3.8) is 0 Å². The van der Waals surface area contributed by atoms with Crippen LogP contribution in [0.2, 0.25) is 0 Å². The highest BCUT2D eigenvalue weighted by Crippen LogP contribution is 2.24. The molecule has 1 unspecified atom stereocenters. The number of likely N-dealkylation sites (tertiary alicyclic amines) is 1. The van der Waals surface area contributed by atoms with E-state index < -0.39 is 0 Å². The van der Waals surface area contributed by atoms with E-state index in [0.29, 0.717) is 23.8 Å². The zero-order valence-electron chi connectivity index (χ0n) is 8.90. The summed E-state index contributed by atoms with van der Waals surface area (Å²) in [4.78, 5) is 25.8. The number of carbonyl (C=O) groups excluding carboxylic acids is 2. The summed E-state index contributed by atoms with van der Waals surface area (Å²) in [6.45, 7) is 2.94. The fourth-order valence-corrected chi connectivity index (χ4v) is 3.39. The van der Waals surface area contributed by atoms with Gasteiger partial charge in [0.1, 0.15) is 0 Å². The van der Waals surface area contributed by atoms with Gasteiger partial charge in [-0.1, -0.05) is 6.92 Å². The van der Waals surface area contributed by atoms with Crippen LogP contribution >= 0.6 is 27.3 Å². The number of hydrogen-bond acceptors (Lipinski definition) is 3. The highest BCUT2D eigenvalue weighted by atomic mass is 79.9. The largest absolute Gasteiger partial charge is 0.335 e. The summed E-state index contributed by atoms with van der Waals surface area (Å²) in [5, 5.41) is 1.87. The molecule has 1 aliphatic rings. The number of halogens is 1. The summed E-state index contributed by atoms with van der Waals surface area (Å²) in [5.74, 6) is 0.477. The molecule has 3 nitrogen and oxygen atoms in total. The van der Waals surface area contributed by atoms with Gasteiger partial charge >= 0.3 is 0 Å². The maximum Gasteiger partial charge on any atom is 0.223 e. The molecular weight excluding hydrogens is 290 g/mol. The molecule has 1 amide bonds. The fourth-order valence-electron chi connectivity index (χ4n) is 1.86. The highest BCUT2D eigenvalue weighted by Gasteiger charge is 2.28. The fraction of sp³-hybridized carbons (Fsp3) is 0.455. The summed E-state index contributed by atoms with van der Waals surface area (Å²) in [6, 6.07) is 1.85. The number of rotatable bonds is 3. The van der Waals surface area contributed by atoms with Gasteiger partial charge in [-0.3, -0.25) is 9.59 Å². The third kappa shape index (κ3) is 2.35. The van der Waals surface area contributed by atoms with Crippen molar-refractivity contribution in [3.8, 4) is 0 Å². The van der Waals surface area contributed by atoms with Gasteiger partial charge < -0.3 is 4.90 Å². The van der Waals surface area contributed by atoms with Crippen LogP contribution in [0.1, 0.15) is 23.0 Å². The molecule has 1 saturated heterocycles. The minimum absolute atomic E-state index is 0.0179. The number of nitrogens with zero attached hydrogens (tertiary/aromatic N) is 1. The van der Waals surface area contributed by atoms with Gasteiger partial charge in [0.05, 0.1) is 11.4 Å². The van der Waals surface area contributed by atoms with Gasteiger partial charge in [-0.05, 0) is 33.3 Å². The van der Waals surface area contributed by atoms with Crippen LogP contribution in [0.5, 0.6) is 0 Å². The van der Waals surface area contributed by atoms with E-state index in [4.69, 9.17) is 0 Å². The number of carbonyl (C=O) groups is 2. The van der Waals surface area contributed by atoms with Crippen molar-refractivity contribution in [2.24, 2.45) is 5.92 Å². The second-order valence-corrected chi connectivity index (χ2v) is 5.87. The average Bonchev–Trinajstić information content (AvgIpc) is 2.74. The molecule has 5 heteroatoms. The van der Waals surface area contributed by atoms with Crippen molar-refractivity contribution in [1.29, 1.82) is 0 Å². The molecular formula is C11H12BrNO2S. The van der Waals surface area contributed by atoms with Crippen molar-refractivity contribution < 1.29 is 9.59 Å². The molecule has 0 spiro atoms. The first-order valence-electron chi connectivity index (χ1n) is 5.12. The van der Waals surface area contributed by atoms with E-state index in [0.717, 1.165) is 4.47 Å². The first-order valence-corrected chi connectivity index (χ1v) is 6.79. The normalized spacial score (nSPS) is 20.5. The minimum Gasteiger partial charge on any atom is -0.335 e. The van der Waals surface area contributed by atoms with Crippen LogP contribution in [0.3, 0.4) is 0 Å². The van der Waals surface area contributed by atoms with E-state index in [1.165, 1.54) is 11.3 Å². The van der Waals surface area contributed by atoms with Gasteiger partial charge in [-0.15, -0.1) is 11.3 Å². The molecule has 1 fully saturated rings. The van der Waals surface area contributed by atoms with Gasteiger partial charge in [0.25, 0.3) is 0 Å². The summed E-state index contributed by atoms with van der Waals surface area (Å²) in [7, 11) is 0. The lowest BCUT2D eigenvalue weighted by atomic mass is 10.2. The molecule has 16 heavy (non-hydrogen) atoms. The minimum atomic E-state index is 0.0179. The standard InChI is InChI=1S/C11H12BrNO2S/c1-7-4-10(15)13(5-7)6-9(14)11-8(12)2-3-16-11/h2-3,7H,4-6H2,1H3. The van der Waals surface area contributed by atoms with Crippen LogP contribution in [0, 0.1) is 5.92 Å². The quantitative estimate of drug-likeness (QED) is 0.805. The molecule has 0 radical (unpaired) electrons. The Hall–Kier alpha value is -0.680. The maximum atomic E-state index is 11.9. The van der Waals surface area contributed by atoms with E-state index in [1.807, 2.05) is 18.4 Å². The molecule has 2 heterocycles. The summed E-state index contributed by atoms with van der Waals surface area (Å²) < 4.78 is 0.821. The second kappa shape index (κ2) is 4.67. The predicted molar refractivity (Wildman–Crippen MR) is 66.7 cm³/mol. The lowest BCUT2D eigenvalue weighted by Crippen LogP contribution is -2.31. The van der Waals surface area contributed by atoms with Crippen LogP contribution in [-0.4, -0.2) is 29.7 Å². The third-order valence-corrected chi connectivity index (χ3v) is 4.49. The second-order valence-electron chi connectivity index (χ2n) is 4.10. The molecule has 0 saturated carbocycles. The summed E-state index contributed by atoms with van der Waals surface area (Å²) in [6.07, 6.45) is 0.568. The zero-order chi connectivity index (χ0) is 11.7. The van der Waals surface area contributed by atoms with Crippen molar-refractivity contribution in [2.75, 3.05) is 13.1 Å². The lowest BCUT2D eigenvalue weighted by Gasteiger charge is -2.14. The molecule has 0 aliphatic carbocycles. The SMILES string of the molecule is CC1CC(=O)N(CC(=O)c2sccc2Br)C1. The molecule has 0 bridgehead atoms. The number of amides is 1. The van der Waals surface area contributed by atoms with Crippen molar-refractivity contribution in [3.05, 3.63) is 20.8 Å². The average molecular weight is 302 g/mol. The molecule has 0 N–H and O–H groups in total. The molecule has 2 rings (SSSR count). The monoisotopic (exact) mass is 301 g/mol. The molecule has 1 aromatic heterocycles. The summed E-state index contributed by atoms with van der Waals surface area (Å²) in [5.41, 5.74) is 0. The van der Waals surface area contributed by atoms with Gasteiger partial charge in [0.15, 0.2) is 5.78 Å². The predicted octanol–water partition coefficient (Wildman–Crippen LogP) is 2.56. The van der Waals surface area contributed by atoms with E-state index >= 15 is 0 Å². The zero-order valence-corrected chi connectivity index (χ0v) is 11.3. The Balaban J connectivity index is 2.03. The smallest absolute Gasteiger partial charge is 0.223 e. The van der Waals surface area contributed by atoms with Gasteiger partial charge in [0, 0.05) is 17.4 Å². The van der Waals surface area contributed by atoms with Crippen molar-refractivity contribution >= 4 is 39.0 Å².